The molecule has 0 amide bonds. The maximum Gasteiger partial charge on any atom is 1.00 e. The van der Waals surface area contributed by atoms with E-state index >= 15 is 0 Å². The number of nitrogens with zero attached hydrogens (tertiary/aromatic N) is 5. The van der Waals surface area contributed by atoms with Gasteiger partial charge in [-0.25, -0.2) is 8.42 Å². The fraction of sp³-hybridized carbons (Fsp3) is 0.174. The molecule has 3 aromatic rings. The molecule has 0 bridgehead atoms. The first kappa shape index (κ1) is 36.3. The van der Waals surface area contributed by atoms with Gasteiger partial charge >= 0.3 is 65.1 Å². The second-order valence-corrected chi connectivity index (χ2v) is 9.78. The fourth-order valence-electron chi connectivity index (χ4n) is 3.07. The molecule has 0 saturated heterocycles. The van der Waals surface area contributed by atoms with Gasteiger partial charge < -0.3 is 19.8 Å². The molecule has 1 N–H and O–H groups in total. The van der Waals surface area contributed by atoms with Crippen molar-refractivity contribution in [3.8, 4) is 0 Å². The van der Waals surface area contributed by atoms with E-state index in [4.69, 9.17) is 5.11 Å². The van der Waals surface area contributed by atoms with Crippen molar-refractivity contribution in [1.29, 1.82) is 0 Å². The quantitative estimate of drug-likeness (QED) is 0.0629. The molecule has 13 nitrogen and oxygen atoms in total. The summed E-state index contributed by atoms with van der Waals surface area (Å²) in [5, 5.41) is 37.8. The Kier molecular flexibility index (Phi) is 16.3. The van der Waals surface area contributed by atoms with E-state index in [2.05, 4.69) is 29.8 Å². The minimum absolute atomic E-state index is 0. The van der Waals surface area contributed by atoms with E-state index in [-0.39, 0.29) is 76.9 Å². The van der Waals surface area contributed by atoms with E-state index in [0.29, 0.717) is 41.3 Å². The summed E-state index contributed by atoms with van der Waals surface area (Å²) >= 11 is 0.710. The first-order chi connectivity index (χ1) is 18.2. The number of carbonyl (C=O) groups is 1. The zero-order chi connectivity index (χ0) is 27.5. The first-order valence-electron chi connectivity index (χ1n) is 10.9. The number of aliphatic carboxylic acids is 1. The number of benzene rings is 3. The van der Waals surface area contributed by atoms with Crippen molar-refractivity contribution in [2.75, 3.05) is 18.5 Å². The number of rotatable bonds is 13. The standard InChI is InChI=1S/C23H23N5O8S2.2Na/c1-28(14-2-3-23(29)30)19-9-4-16(5-10-19)25-27-21-13-8-18(15-22(21)38(32,33)34)26-24-17-6-11-20(12-7-17)37-36-35-31;;/h4-13,15,31H,2-3,14H2,1H3,(H,29,30)(H,32,33,34);;/q;2*+1/p-2. The minimum atomic E-state index is -4.90. The Labute approximate surface area is 279 Å². The topological polar surface area (TPSA) is 189 Å². The summed E-state index contributed by atoms with van der Waals surface area (Å²) in [6, 6.07) is 17.0. The molecule has 0 saturated carbocycles. The molecule has 0 radical (unpaired) electrons. The number of hydrogen-bond acceptors (Lipinski definition) is 13. The maximum atomic E-state index is 11.8. The number of azo groups is 2. The Hall–Kier alpha value is -1.73. The minimum Gasteiger partial charge on any atom is -0.744 e. The van der Waals surface area contributed by atoms with Crippen LogP contribution in [0, 0.1) is 0 Å². The number of carboxylic acid groups (broad SMARTS) is 1. The van der Waals surface area contributed by atoms with Gasteiger partial charge in [-0.1, -0.05) is 0 Å². The van der Waals surface area contributed by atoms with E-state index in [1.807, 2.05) is 11.9 Å². The van der Waals surface area contributed by atoms with Crippen molar-refractivity contribution < 1.29 is 96.6 Å². The smallest absolute Gasteiger partial charge is 0.744 e. The predicted octanol–water partition coefficient (Wildman–Crippen LogP) is -1.04. The van der Waals surface area contributed by atoms with Crippen LogP contribution in [0.2, 0.25) is 0 Å². The van der Waals surface area contributed by atoms with Crippen LogP contribution in [0.15, 0.2) is 97.0 Å². The normalized spacial score (nSPS) is 11.3. The van der Waals surface area contributed by atoms with E-state index in [1.165, 1.54) is 12.1 Å². The van der Waals surface area contributed by atoms with E-state index in [9.17, 15) is 23.0 Å². The second kappa shape index (κ2) is 17.9. The molecule has 0 heterocycles. The third-order valence-corrected chi connectivity index (χ3v) is 6.39. The zero-order valence-corrected chi connectivity index (χ0v) is 27.5. The van der Waals surface area contributed by atoms with Crippen molar-refractivity contribution in [3.05, 3.63) is 66.7 Å². The molecule has 200 valence electrons. The van der Waals surface area contributed by atoms with Crippen LogP contribution < -0.4 is 69.3 Å². The number of carboxylic acids is 1. The molecule has 0 fully saturated rings. The second-order valence-electron chi connectivity index (χ2n) is 7.65. The predicted molar refractivity (Wildman–Crippen MR) is 134 cm³/mol. The van der Waals surface area contributed by atoms with Crippen molar-refractivity contribution >= 4 is 56.6 Å². The zero-order valence-electron chi connectivity index (χ0n) is 21.8. The van der Waals surface area contributed by atoms with E-state index < -0.39 is 21.0 Å². The van der Waals surface area contributed by atoms with Crippen LogP contribution in [-0.2, 0) is 24.3 Å². The van der Waals surface area contributed by atoms with Crippen molar-refractivity contribution in [1.82, 2.24) is 0 Å². The molecule has 0 unspecified atom stereocenters. The van der Waals surface area contributed by atoms with Crippen molar-refractivity contribution in [2.45, 2.75) is 22.6 Å². The van der Waals surface area contributed by atoms with Gasteiger partial charge in [0.05, 0.1) is 34.0 Å². The van der Waals surface area contributed by atoms with Gasteiger partial charge in [-0.05, 0) is 73.2 Å². The molecule has 0 aliphatic rings. The van der Waals surface area contributed by atoms with E-state index in [0.717, 1.165) is 11.8 Å². The Morgan fingerprint density at radius 1 is 0.925 bits per heavy atom. The van der Waals surface area contributed by atoms with Crippen LogP contribution in [0.4, 0.5) is 28.4 Å². The third kappa shape index (κ3) is 12.0. The molecular weight excluding hydrogens is 584 g/mol. The van der Waals surface area contributed by atoms with Gasteiger partial charge in [0.25, 0.3) is 0 Å². The summed E-state index contributed by atoms with van der Waals surface area (Å²) in [4.78, 5) is 12.5. The van der Waals surface area contributed by atoms with Crippen LogP contribution in [0.1, 0.15) is 12.8 Å². The molecule has 3 rings (SSSR count). The molecular formula is C23H21N5Na2O8S2. The molecule has 0 aromatic heterocycles. The SMILES string of the molecule is CN(CCCC(=O)O)c1ccc(N=Nc2ccc(N=Nc3ccc(SOO[O-])cc3)cc2S(=O)(=O)[O-])cc1.[Na+].[Na+]. The van der Waals surface area contributed by atoms with E-state index in [1.54, 1.807) is 48.5 Å². The molecule has 3 aromatic carbocycles. The molecule has 0 spiro atoms. The Balaban J connectivity index is 0.00000400. The summed E-state index contributed by atoms with van der Waals surface area (Å²) in [5.41, 5.74) is 1.62. The third-order valence-electron chi connectivity index (χ3n) is 4.94. The average Bonchev–Trinajstić information content (AvgIpc) is 2.90. The largest absolute Gasteiger partial charge is 1.00 e. The summed E-state index contributed by atoms with van der Waals surface area (Å²) in [6.07, 6.45) is 0.569. The Morgan fingerprint density at radius 3 is 2.05 bits per heavy atom. The van der Waals surface area contributed by atoms with Crippen LogP contribution in [0.3, 0.4) is 0 Å². The van der Waals surface area contributed by atoms with Crippen LogP contribution in [-0.4, -0.2) is 37.6 Å². The van der Waals surface area contributed by atoms with Crippen LogP contribution in [0.5, 0.6) is 0 Å². The van der Waals surface area contributed by atoms with Gasteiger partial charge in [0, 0.05) is 30.6 Å². The number of hydrogen-bond donors (Lipinski definition) is 1. The van der Waals surface area contributed by atoms with Gasteiger partial charge in [0.1, 0.15) is 15.8 Å². The molecule has 0 atom stereocenters. The summed E-state index contributed by atoms with van der Waals surface area (Å²) < 4.78 is 39.7. The van der Waals surface area contributed by atoms with Crippen LogP contribution >= 0.6 is 12.0 Å². The monoisotopic (exact) mass is 605 g/mol. The van der Waals surface area contributed by atoms with Crippen molar-refractivity contribution in [2.24, 2.45) is 20.5 Å². The Bertz CT molecular complexity index is 1410. The van der Waals surface area contributed by atoms with Gasteiger partial charge in [-0.2, -0.15) is 19.7 Å². The summed E-state index contributed by atoms with van der Waals surface area (Å²) in [5.74, 6) is -0.852. The molecule has 0 aliphatic heterocycles. The molecule has 17 heteroatoms. The van der Waals surface area contributed by atoms with Gasteiger partial charge in [-0.15, -0.1) is 5.11 Å². The molecule has 0 aliphatic carbocycles. The first-order valence-corrected chi connectivity index (χ1v) is 13.0. The average molecular weight is 606 g/mol. The number of anilines is 1. The van der Waals surface area contributed by atoms with Gasteiger partial charge in [-0.3, -0.25) is 9.83 Å². The van der Waals surface area contributed by atoms with Crippen LogP contribution in [0.25, 0.3) is 0 Å². The van der Waals surface area contributed by atoms with Crippen molar-refractivity contribution in [3.63, 3.8) is 0 Å². The summed E-state index contributed by atoms with van der Waals surface area (Å²) in [6.45, 7) is 0.554. The molecule has 40 heavy (non-hydrogen) atoms. The van der Waals surface area contributed by atoms with Gasteiger partial charge in [0.15, 0.2) is 0 Å². The maximum absolute atomic E-state index is 11.8. The fourth-order valence-corrected chi connectivity index (χ4v) is 4.05. The Morgan fingerprint density at radius 2 is 1.48 bits per heavy atom. The summed E-state index contributed by atoms with van der Waals surface area (Å²) in [7, 11) is -3.07. The van der Waals surface area contributed by atoms with Gasteiger partial charge in [0.2, 0.25) is 0 Å².